The molecule has 0 bridgehead atoms. The fraction of sp³-hybridized carbons (Fsp3) is 0.154. The van der Waals surface area contributed by atoms with Crippen molar-refractivity contribution in [2.75, 3.05) is 5.32 Å². The van der Waals surface area contributed by atoms with E-state index in [1.54, 1.807) is 18.3 Å². The van der Waals surface area contributed by atoms with Crippen LogP contribution in [0.4, 0.5) is 5.95 Å². The standard InChI is InChI=1S/C13H12N4/c1-10-6-7-15-13(17-10)16-9-12-4-2-11(8-14)3-5-12/h2-7H,9H2,1H3,(H,15,16,17). The van der Waals surface area contributed by atoms with Gasteiger partial charge in [0, 0.05) is 18.4 Å². The molecule has 4 heteroatoms. The van der Waals surface area contributed by atoms with Crippen LogP contribution < -0.4 is 5.32 Å². The molecular weight excluding hydrogens is 212 g/mol. The van der Waals surface area contributed by atoms with Gasteiger partial charge in [0.1, 0.15) is 0 Å². The first-order valence-corrected chi connectivity index (χ1v) is 5.30. The number of nitrogens with one attached hydrogen (secondary N) is 1. The molecule has 0 unspecified atom stereocenters. The lowest BCUT2D eigenvalue weighted by Crippen LogP contribution is -2.03. The molecule has 0 aliphatic carbocycles. The second kappa shape index (κ2) is 5.08. The maximum absolute atomic E-state index is 8.68. The molecule has 84 valence electrons. The first kappa shape index (κ1) is 11.1. The van der Waals surface area contributed by atoms with E-state index < -0.39 is 0 Å². The van der Waals surface area contributed by atoms with Crippen LogP contribution in [-0.2, 0) is 6.54 Å². The molecule has 4 nitrogen and oxygen atoms in total. The third-order valence-electron chi connectivity index (χ3n) is 2.33. The molecule has 0 saturated carbocycles. The minimum atomic E-state index is 0.620. The smallest absolute Gasteiger partial charge is 0.223 e. The van der Waals surface area contributed by atoms with Crippen LogP contribution in [0.3, 0.4) is 0 Å². The van der Waals surface area contributed by atoms with E-state index in [1.807, 2.05) is 25.1 Å². The third kappa shape index (κ3) is 3.02. The second-order valence-corrected chi connectivity index (χ2v) is 3.68. The summed E-state index contributed by atoms with van der Waals surface area (Å²) in [5, 5.41) is 11.8. The molecule has 1 N–H and O–H groups in total. The summed E-state index contributed by atoms with van der Waals surface area (Å²) in [6.45, 7) is 2.57. The molecule has 0 aliphatic heterocycles. The van der Waals surface area contributed by atoms with Crippen molar-refractivity contribution in [2.24, 2.45) is 0 Å². The van der Waals surface area contributed by atoms with E-state index in [4.69, 9.17) is 5.26 Å². The Kier molecular flexibility index (Phi) is 3.31. The van der Waals surface area contributed by atoms with Gasteiger partial charge >= 0.3 is 0 Å². The Morgan fingerprint density at radius 1 is 1.24 bits per heavy atom. The van der Waals surface area contributed by atoms with Crippen molar-refractivity contribution in [1.82, 2.24) is 9.97 Å². The quantitative estimate of drug-likeness (QED) is 0.868. The molecule has 2 rings (SSSR count). The zero-order chi connectivity index (χ0) is 12.1. The predicted molar refractivity (Wildman–Crippen MR) is 65.3 cm³/mol. The zero-order valence-corrected chi connectivity index (χ0v) is 9.51. The number of aromatic nitrogens is 2. The molecule has 1 aromatic carbocycles. The van der Waals surface area contributed by atoms with Crippen LogP contribution in [0.5, 0.6) is 0 Å². The largest absolute Gasteiger partial charge is 0.350 e. The minimum Gasteiger partial charge on any atom is -0.350 e. The lowest BCUT2D eigenvalue weighted by Gasteiger charge is -2.05. The lowest BCUT2D eigenvalue weighted by molar-refractivity contribution is 1.03. The van der Waals surface area contributed by atoms with Crippen molar-refractivity contribution in [2.45, 2.75) is 13.5 Å². The highest BCUT2D eigenvalue weighted by Crippen LogP contribution is 2.06. The molecule has 0 fully saturated rings. The first-order valence-electron chi connectivity index (χ1n) is 5.30. The number of hydrogen-bond donors (Lipinski definition) is 1. The van der Waals surface area contributed by atoms with Crippen molar-refractivity contribution in [3.8, 4) is 6.07 Å². The van der Waals surface area contributed by atoms with E-state index in [-0.39, 0.29) is 0 Å². The van der Waals surface area contributed by atoms with Crippen LogP contribution in [-0.4, -0.2) is 9.97 Å². The predicted octanol–water partition coefficient (Wildman–Crippen LogP) is 2.27. The Balaban J connectivity index is 2.00. The molecule has 1 heterocycles. The number of aryl methyl sites for hydroxylation is 1. The van der Waals surface area contributed by atoms with Crippen LogP contribution in [0.2, 0.25) is 0 Å². The van der Waals surface area contributed by atoms with Gasteiger partial charge in [-0.2, -0.15) is 5.26 Å². The number of hydrogen-bond acceptors (Lipinski definition) is 4. The van der Waals surface area contributed by atoms with Gasteiger partial charge in [-0.15, -0.1) is 0 Å². The van der Waals surface area contributed by atoms with Crippen molar-refractivity contribution in [1.29, 1.82) is 5.26 Å². The summed E-state index contributed by atoms with van der Waals surface area (Å²) in [6.07, 6.45) is 1.73. The number of nitrogens with zero attached hydrogens (tertiary/aromatic N) is 3. The van der Waals surface area contributed by atoms with Gasteiger partial charge < -0.3 is 5.32 Å². The third-order valence-corrected chi connectivity index (χ3v) is 2.33. The van der Waals surface area contributed by atoms with Gasteiger partial charge in [-0.05, 0) is 30.7 Å². The number of nitriles is 1. The summed E-state index contributed by atoms with van der Waals surface area (Å²) in [5.41, 5.74) is 2.69. The summed E-state index contributed by atoms with van der Waals surface area (Å²) in [5.74, 6) is 0.620. The topological polar surface area (TPSA) is 61.6 Å². The van der Waals surface area contributed by atoms with Crippen LogP contribution in [0.1, 0.15) is 16.8 Å². The summed E-state index contributed by atoms with van der Waals surface area (Å²) < 4.78 is 0. The molecule has 17 heavy (non-hydrogen) atoms. The minimum absolute atomic E-state index is 0.620. The Bertz CT molecular complexity index is 540. The molecule has 0 amide bonds. The average Bonchev–Trinajstić information content (AvgIpc) is 2.37. The highest BCUT2D eigenvalue weighted by molar-refractivity contribution is 5.34. The number of rotatable bonds is 3. The van der Waals surface area contributed by atoms with Crippen LogP contribution in [0, 0.1) is 18.3 Å². The normalized spacial score (nSPS) is 9.65. The van der Waals surface area contributed by atoms with Gasteiger partial charge in [-0.3, -0.25) is 0 Å². The van der Waals surface area contributed by atoms with Gasteiger partial charge in [0.25, 0.3) is 0 Å². The maximum Gasteiger partial charge on any atom is 0.223 e. The average molecular weight is 224 g/mol. The van der Waals surface area contributed by atoms with E-state index in [0.29, 0.717) is 18.1 Å². The van der Waals surface area contributed by atoms with E-state index in [1.165, 1.54) is 0 Å². The van der Waals surface area contributed by atoms with E-state index >= 15 is 0 Å². The Hall–Kier alpha value is -2.41. The molecule has 0 atom stereocenters. The molecule has 0 spiro atoms. The highest BCUT2D eigenvalue weighted by Gasteiger charge is 1.97. The molecule has 0 aliphatic rings. The Morgan fingerprint density at radius 3 is 2.65 bits per heavy atom. The fourth-order valence-corrected chi connectivity index (χ4v) is 1.41. The monoisotopic (exact) mass is 224 g/mol. The summed E-state index contributed by atoms with van der Waals surface area (Å²) in [7, 11) is 0. The van der Waals surface area contributed by atoms with Crippen molar-refractivity contribution in [3.63, 3.8) is 0 Å². The van der Waals surface area contributed by atoms with Crippen molar-refractivity contribution < 1.29 is 0 Å². The van der Waals surface area contributed by atoms with E-state index in [0.717, 1.165) is 11.3 Å². The van der Waals surface area contributed by atoms with Crippen molar-refractivity contribution >= 4 is 5.95 Å². The van der Waals surface area contributed by atoms with Gasteiger partial charge in [0.2, 0.25) is 5.95 Å². The summed E-state index contributed by atoms with van der Waals surface area (Å²) >= 11 is 0. The van der Waals surface area contributed by atoms with E-state index in [9.17, 15) is 0 Å². The summed E-state index contributed by atoms with van der Waals surface area (Å²) in [6, 6.07) is 11.4. The van der Waals surface area contributed by atoms with E-state index in [2.05, 4.69) is 21.4 Å². The van der Waals surface area contributed by atoms with Crippen LogP contribution in [0.15, 0.2) is 36.5 Å². The van der Waals surface area contributed by atoms with Crippen LogP contribution >= 0.6 is 0 Å². The highest BCUT2D eigenvalue weighted by atomic mass is 15.1. The van der Waals surface area contributed by atoms with Gasteiger partial charge in [-0.25, -0.2) is 9.97 Å². The molecule has 0 radical (unpaired) electrons. The van der Waals surface area contributed by atoms with Gasteiger partial charge in [-0.1, -0.05) is 12.1 Å². The molecule has 1 aromatic heterocycles. The number of anilines is 1. The number of benzene rings is 1. The Labute approximate surface area is 100.0 Å². The zero-order valence-electron chi connectivity index (χ0n) is 9.51. The first-order chi connectivity index (χ1) is 8.28. The van der Waals surface area contributed by atoms with Gasteiger partial charge in [0.05, 0.1) is 11.6 Å². The summed E-state index contributed by atoms with van der Waals surface area (Å²) in [4.78, 5) is 8.36. The Morgan fingerprint density at radius 2 is 2.00 bits per heavy atom. The SMILES string of the molecule is Cc1ccnc(NCc2ccc(C#N)cc2)n1. The van der Waals surface area contributed by atoms with Crippen molar-refractivity contribution in [3.05, 3.63) is 53.3 Å². The molecular formula is C13H12N4. The maximum atomic E-state index is 8.68. The van der Waals surface area contributed by atoms with Gasteiger partial charge in [0.15, 0.2) is 0 Å². The fourth-order valence-electron chi connectivity index (χ4n) is 1.41. The molecule has 2 aromatic rings. The molecule has 0 saturated heterocycles. The second-order valence-electron chi connectivity index (χ2n) is 3.68. The lowest BCUT2D eigenvalue weighted by atomic mass is 10.1. The van der Waals surface area contributed by atoms with Crippen LogP contribution in [0.25, 0.3) is 0 Å².